The van der Waals surface area contributed by atoms with Gasteiger partial charge in [-0.25, -0.2) is 4.79 Å². The monoisotopic (exact) mass is 128 g/mol. The molecule has 0 fully saturated rings. The highest BCUT2D eigenvalue weighted by Gasteiger charge is 2.20. The highest BCUT2D eigenvalue weighted by atomic mass is 16.4. The minimum Gasteiger partial charge on any atom is -0.480 e. The Hall–Kier alpha value is -1.06. The second-order valence-corrected chi connectivity index (χ2v) is 1.96. The Labute approximate surface area is 52.6 Å². The third-order valence-corrected chi connectivity index (χ3v) is 1.19. The van der Waals surface area contributed by atoms with Gasteiger partial charge >= 0.3 is 5.97 Å². The molecule has 1 unspecified atom stereocenters. The molecule has 4 nitrogen and oxygen atoms in total. The number of hydrogen-bond donors (Lipinski definition) is 2. The van der Waals surface area contributed by atoms with Gasteiger partial charge in [0.1, 0.15) is 6.04 Å². The summed E-state index contributed by atoms with van der Waals surface area (Å²) in [6.45, 7) is 2.12. The lowest BCUT2D eigenvalue weighted by Crippen LogP contribution is -2.35. The molecule has 2 N–H and O–H groups in total. The molecule has 9 heavy (non-hydrogen) atoms. The first-order chi connectivity index (χ1) is 4.20. The fraction of sp³-hybridized carbons (Fsp3) is 0.600. The number of carboxylic acids is 1. The summed E-state index contributed by atoms with van der Waals surface area (Å²) in [7, 11) is 0. The van der Waals surface area contributed by atoms with Gasteiger partial charge in [-0.1, -0.05) is 0 Å². The number of carbonyl (C=O) groups is 1. The van der Waals surface area contributed by atoms with Crippen LogP contribution in [0, 0.1) is 0 Å². The van der Waals surface area contributed by atoms with E-state index in [0.717, 1.165) is 0 Å². The van der Waals surface area contributed by atoms with Gasteiger partial charge in [0.15, 0.2) is 0 Å². The van der Waals surface area contributed by atoms with Gasteiger partial charge in [-0.2, -0.15) is 0 Å². The molecule has 1 heterocycles. The minimum absolute atomic E-state index is 0.362. The zero-order valence-corrected chi connectivity index (χ0v) is 5.09. The van der Waals surface area contributed by atoms with Crippen molar-refractivity contribution in [1.29, 1.82) is 0 Å². The molecule has 0 radical (unpaired) electrons. The SMILES string of the molecule is CC1=NCC(C(=O)O)N1. The van der Waals surface area contributed by atoms with E-state index in [-0.39, 0.29) is 0 Å². The van der Waals surface area contributed by atoms with Crippen molar-refractivity contribution < 1.29 is 9.90 Å². The molecule has 0 aromatic carbocycles. The average Bonchev–Trinajstić information content (AvgIpc) is 2.14. The molecule has 1 aliphatic rings. The molecule has 0 amide bonds. The molecule has 0 aliphatic carbocycles. The Kier molecular flexibility index (Phi) is 1.38. The molecule has 0 aromatic heterocycles. The number of aliphatic carboxylic acids is 1. The Morgan fingerprint density at radius 3 is 2.89 bits per heavy atom. The highest BCUT2D eigenvalue weighted by Crippen LogP contribution is 1.94. The van der Waals surface area contributed by atoms with E-state index >= 15 is 0 Å². The zero-order chi connectivity index (χ0) is 6.85. The van der Waals surface area contributed by atoms with Crippen LogP contribution in [-0.2, 0) is 4.79 Å². The maximum atomic E-state index is 10.2. The van der Waals surface area contributed by atoms with E-state index < -0.39 is 12.0 Å². The molecule has 0 saturated carbocycles. The first-order valence-corrected chi connectivity index (χ1v) is 2.70. The Morgan fingerprint density at radius 2 is 2.67 bits per heavy atom. The topological polar surface area (TPSA) is 61.7 Å². The van der Waals surface area contributed by atoms with E-state index in [1.54, 1.807) is 6.92 Å². The molecule has 1 aliphatic heterocycles. The van der Waals surface area contributed by atoms with Crippen LogP contribution in [0.2, 0.25) is 0 Å². The van der Waals surface area contributed by atoms with Gasteiger partial charge < -0.3 is 10.4 Å². The molecule has 1 rings (SSSR count). The van der Waals surface area contributed by atoms with E-state index in [9.17, 15) is 4.79 Å². The number of aliphatic imine (C=N–C) groups is 1. The van der Waals surface area contributed by atoms with Crippen molar-refractivity contribution in [3.8, 4) is 0 Å². The van der Waals surface area contributed by atoms with E-state index in [4.69, 9.17) is 5.11 Å². The van der Waals surface area contributed by atoms with Crippen LogP contribution in [-0.4, -0.2) is 29.5 Å². The summed E-state index contributed by atoms with van der Waals surface area (Å²) >= 11 is 0. The Bertz CT molecular complexity index is 164. The van der Waals surface area contributed by atoms with Crippen molar-refractivity contribution in [3.63, 3.8) is 0 Å². The van der Waals surface area contributed by atoms with Gasteiger partial charge in [0.25, 0.3) is 0 Å². The van der Waals surface area contributed by atoms with Gasteiger partial charge in [0, 0.05) is 0 Å². The predicted molar refractivity (Wildman–Crippen MR) is 32.5 cm³/mol. The summed E-state index contributed by atoms with van der Waals surface area (Å²) in [5.41, 5.74) is 0. The molecule has 0 saturated heterocycles. The van der Waals surface area contributed by atoms with Crippen LogP contribution in [0.5, 0.6) is 0 Å². The van der Waals surface area contributed by atoms with E-state index in [1.165, 1.54) is 0 Å². The quantitative estimate of drug-likeness (QED) is 0.498. The molecule has 1 atom stereocenters. The maximum Gasteiger partial charge on any atom is 0.328 e. The first-order valence-electron chi connectivity index (χ1n) is 2.70. The summed E-state index contributed by atoms with van der Waals surface area (Å²) in [6.07, 6.45) is 0. The third kappa shape index (κ3) is 1.19. The highest BCUT2D eigenvalue weighted by molar-refractivity contribution is 5.88. The van der Waals surface area contributed by atoms with Crippen molar-refractivity contribution in [1.82, 2.24) is 5.32 Å². The summed E-state index contributed by atoms with van der Waals surface area (Å²) in [5, 5.41) is 11.1. The second kappa shape index (κ2) is 2.05. The van der Waals surface area contributed by atoms with Gasteiger partial charge in [-0.3, -0.25) is 4.99 Å². The molecular formula is C5H8N2O2. The molecule has 0 spiro atoms. The normalized spacial score (nSPS) is 25.0. The van der Waals surface area contributed by atoms with Gasteiger partial charge in [0.2, 0.25) is 0 Å². The van der Waals surface area contributed by atoms with Crippen molar-refractivity contribution in [2.24, 2.45) is 4.99 Å². The number of amidine groups is 1. The van der Waals surface area contributed by atoms with Crippen LogP contribution < -0.4 is 5.32 Å². The van der Waals surface area contributed by atoms with Crippen LogP contribution >= 0.6 is 0 Å². The Morgan fingerprint density at radius 1 is 2.00 bits per heavy atom. The number of hydrogen-bond acceptors (Lipinski definition) is 3. The number of nitrogens with one attached hydrogen (secondary N) is 1. The van der Waals surface area contributed by atoms with Crippen molar-refractivity contribution in [2.75, 3.05) is 6.54 Å². The van der Waals surface area contributed by atoms with Crippen LogP contribution in [0.25, 0.3) is 0 Å². The lowest BCUT2D eigenvalue weighted by Gasteiger charge is -2.01. The number of nitrogens with zero attached hydrogens (tertiary/aromatic N) is 1. The smallest absolute Gasteiger partial charge is 0.328 e. The van der Waals surface area contributed by atoms with Gasteiger partial charge in [-0.05, 0) is 6.92 Å². The summed E-state index contributed by atoms with van der Waals surface area (Å²) in [6, 6.07) is -0.495. The van der Waals surface area contributed by atoms with Gasteiger partial charge in [-0.15, -0.1) is 0 Å². The van der Waals surface area contributed by atoms with Crippen LogP contribution in [0.4, 0.5) is 0 Å². The molecule has 50 valence electrons. The fourth-order valence-corrected chi connectivity index (χ4v) is 0.711. The molecule has 0 aromatic rings. The minimum atomic E-state index is -0.837. The summed E-state index contributed by atoms with van der Waals surface area (Å²) in [4.78, 5) is 14.1. The van der Waals surface area contributed by atoms with Crippen molar-refractivity contribution >= 4 is 11.8 Å². The lowest BCUT2D eigenvalue weighted by atomic mass is 10.3. The van der Waals surface area contributed by atoms with E-state index in [0.29, 0.717) is 12.4 Å². The van der Waals surface area contributed by atoms with Crippen LogP contribution in [0.1, 0.15) is 6.92 Å². The third-order valence-electron chi connectivity index (χ3n) is 1.19. The average molecular weight is 128 g/mol. The molecule has 4 heteroatoms. The zero-order valence-electron chi connectivity index (χ0n) is 5.09. The Balaban J connectivity index is 2.47. The van der Waals surface area contributed by atoms with Crippen LogP contribution in [0.15, 0.2) is 4.99 Å². The van der Waals surface area contributed by atoms with E-state index in [1.807, 2.05) is 0 Å². The summed E-state index contributed by atoms with van der Waals surface area (Å²) in [5.74, 6) is -0.127. The van der Waals surface area contributed by atoms with E-state index in [2.05, 4.69) is 10.3 Å². The largest absolute Gasteiger partial charge is 0.480 e. The fourth-order valence-electron chi connectivity index (χ4n) is 0.711. The van der Waals surface area contributed by atoms with Gasteiger partial charge in [0.05, 0.1) is 12.4 Å². The van der Waals surface area contributed by atoms with Crippen molar-refractivity contribution in [2.45, 2.75) is 13.0 Å². The standard InChI is InChI=1S/C5H8N2O2/c1-3-6-2-4(7-3)5(8)9/h4H,2H2,1H3,(H,6,7)(H,8,9). The van der Waals surface area contributed by atoms with Crippen LogP contribution in [0.3, 0.4) is 0 Å². The molecule has 0 bridgehead atoms. The predicted octanol–water partition coefficient (Wildman–Crippen LogP) is -0.539. The number of carboxylic acid groups (broad SMARTS) is 1. The summed E-state index contributed by atoms with van der Waals surface area (Å²) < 4.78 is 0. The second-order valence-electron chi connectivity index (χ2n) is 1.96. The maximum absolute atomic E-state index is 10.2. The first kappa shape index (κ1) is 6.07. The molecular weight excluding hydrogens is 120 g/mol. The van der Waals surface area contributed by atoms with Crippen molar-refractivity contribution in [3.05, 3.63) is 0 Å². The lowest BCUT2D eigenvalue weighted by molar-refractivity contribution is -0.138. The number of rotatable bonds is 1.